The van der Waals surface area contributed by atoms with Crippen LogP contribution in [0.1, 0.15) is 40.3 Å². The molecule has 0 atom stereocenters. The third kappa shape index (κ3) is 9.50. The normalized spacial score (nSPS) is 13.1. The first kappa shape index (κ1) is 35.5. The van der Waals surface area contributed by atoms with Crippen molar-refractivity contribution >= 4 is 5.96 Å². The molecule has 0 saturated carbocycles. The van der Waals surface area contributed by atoms with Crippen LogP contribution in [-0.4, -0.2) is 58.3 Å². The smallest absolute Gasteiger partial charge is 0.368 e. The Morgan fingerprint density at radius 2 is 1.40 bits per heavy atom. The van der Waals surface area contributed by atoms with E-state index in [1.165, 1.54) is 13.1 Å². The maximum atomic E-state index is 13.8. The molecule has 3 aromatic rings. The van der Waals surface area contributed by atoms with Crippen molar-refractivity contribution in [3.8, 4) is 11.3 Å². The van der Waals surface area contributed by atoms with E-state index in [0.29, 0.717) is 42.9 Å². The number of hydrogen-bond acceptors (Lipinski definition) is 5. The average molecular weight is 653 g/mol. The number of hydrogen-bond donors (Lipinski definition) is 2. The lowest BCUT2D eigenvalue weighted by Crippen LogP contribution is -2.39. The molecular weight excluding hydrogens is 619 g/mol. The van der Waals surface area contributed by atoms with Gasteiger partial charge in [-0.1, -0.05) is 13.0 Å². The zero-order chi connectivity index (χ0) is 33.9. The van der Waals surface area contributed by atoms with Crippen LogP contribution in [0.15, 0.2) is 47.7 Å². The molecule has 0 saturated heterocycles. The minimum absolute atomic E-state index is 0.00164. The second-order valence-corrected chi connectivity index (χ2v) is 10.6. The minimum atomic E-state index is -5.12. The number of hydrazine groups is 1. The van der Waals surface area contributed by atoms with Gasteiger partial charge in [-0.25, -0.2) is 11.0 Å². The maximum absolute atomic E-state index is 13.8. The number of rotatable bonds is 10. The van der Waals surface area contributed by atoms with Gasteiger partial charge >= 0.3 is 18.5 Å². The van der Waals surface area contributed by atoms with Crippen LogP contribution in [0.5, 0.6) is 0 Å². The van der Waals surface area contributed by atoms with Gasteiger partial charge in [0.25, 0.3) is 0 Å². The highest BCUT2D eigenvalue weighted by Crippen LogP contribution is 2.38. The molecule has 2 aromatic carbocycles. The predicted octanol–water partition coefficient (Wildman–Crippen LogP) is 5.77. The molecule has 1 heterocycles. The number of hydrazone groups is 1. The number of nitrogens with two attached hydrogens (primary N) is 2. The fraction of sp³-hybridized carbons (Fsp3) is 0.429. The van der Waals surface area contributed by atoms with Crippen LogP contribution < -0.4 is 11.6 Å². The molecule has 0 aliphatic heterocycles. The third-order valence-corrected chi connectivity index (χ3v) is 6.65. The molecule has 8 nitrogen and oxygen atoms in total. The van der Waals surface area contributed by atoms with Crippen LogP contribution in [-0.2, 0) is 44.6 Å². The highest BCUT2D eigenvalue weighted by Gasteiger charge is 2.37. The fourth-order valence-corrected chi connectivity index (χ4v) is 4.48. The van der Waals surface area contributed by atoms with Crippen molar-refractivity contribution < 1.29 is 39.5 Å². The van der Waals surface area contributed by atoms with E-state index in [9.17, 15) is 39.5 Å². The second-order valence-electron chi connectivity index (χ2n) is 10.6. The summed E-state index contributed by atoms with van der Waals surface area (Å²) in [6.45, 7) is 1.73. The monoisotopic (exact) mass is 652 g/mol. The molecule has 17 heteroatoms. The van der Waals surface area contributed by atoms with Gasteiger partial charge in [0.1, 0.15) is 0 Å². The number of aryl methyl sites for hydroxylation is 1. The summed E-state index contributed by atoms with van der Waals surface area (Å²) in [5, 5.41) is 9.13. The Morgan fingerprint density at radius 1 is 0.822 bits per heavy atom. The summed E-state index contributed by atoms with van der Waals surface area (Å²) in [7, 11) is 4.97. The Kier molecular flexibility index (Phi) is 10.7. The van der Waals surface area contributed by atoms with E-state index in [1.54, 1.807) is 10.9 Å². The summed E-state index contributed by atoms with van der Waals surface area (Å²) in [6.07, 6.45) is -12.8. The molecule has 0 unspecified atom stereocenters. The van der Waals surface area contributed by atoms with Crippen molar-refractivity contribution in [3.63, 3.8) is 0 Å². The van der Waals surface area contributed by atoms with Gasteiger partial charge in [-0.05, 0) is 67.5 Å². The summed E-state index contributed by atoms with van der Waals surface area (Å²) < 4.78 is 124. The van der Waals surface area contributed by atoms with Crippen molar-refractivity contribution in [1.82, 2.24) is 24.7 Å². The number of halogens is 9. The zero-order valence-electron chi connectivity index (χ0n) is 24.8. The molecule has 0 radical (unpaired) electrons. The lowest BCUT2D eigenvalue weighted by molar-refractivity contribution is -0.143. The van der Waals surface area contributed by atoms with E-state index in [1.807, 2.05) is 25.9 Å². The van der Waals surface area contributed by atoms with Gasteiger partial charge < -0.3 is 15.5 Å². The number of benzene rings is 2. The standard InChI is InChI=1S/C28H33F9N8/c1-5-18-16-45(9-8-42(2)3)40-24(18)23-7-6-20(26(29,30)31)12-19(23)15-44(25(38)41-43(4)39)14-17-10-21(27(32,33)34)13-22(11-17)28(35,36)37/h6-7,10-13,16H,5,8-9,14-15,39H2,1-4H3,(H2,38,41). The summed E-state index contributed by atoms with van der Waals surface area (Å²) in [5.74, 6) is 5.08. The number of nitrogens with zero attached hydrogens (tertiary/aromatic N) is 6. The Bertz CT molecular complexity index is 1460. The Hall–Kier alpha value is -3.99. The molecule has 3 rings (SSSR count). The second kappa shape index (κ2) is 13.6. The average Bonchev–Trinajstić information content (AvgIpc) is 3.32. The number of guanidine groups is 1. The summed E-state index contributed by atoms with van der Waals surface area (Å²) in [5.41, 5.74) is 2.78. The fourth-order valence-electron chi connectivity index (χ4n) is 4.48. The van der Waals surface area contributed by atoms with E-state index >= 15 is 0 Å². The van der Waals surface area contributed by atoms with Crippen molar-refractivity contribution in [2.75, 3.05) is 27.7 Å². The molecule has 0 amide bonds. The summed E-state index contributed by atoms with van der Waals surface area (Å²) >= 11 is 0. The first-order valence-electron chi connectivity index (χ1n) is 13.5. The molecule has 1 aromatic heterocycles. The van der Waals surface area contributed by atoms with Gasteiger partial charge in [-0.2, -0.15) is 44.6 Å². The highest BCUT2D eigenvalue weighted by atomic mass is 19.4. The van der Waals surface area contributed by atoms with Crippen LogP contribution in [0.25, 0.3) is 11.3 Å². The largest absolute Gasteiger partial charge is 0.416 e. The lowest BCUT2D eigenvalue weighted by atomic mass is 9.97. The minimum Gasteiger partial charge on any atom is -0.368 e. The van der Waals surface area contributed by atoms with Gasteiger partial charge in [0.15, 0.2) is 0 Å². The molecule has 4 N–H and O–H groups in total. The van der Waals surface area contributed by atoms with E-state index < -0.39 is 59.8 Å². The first-order chi connectivity index (χ1) is 20.7. The topological polar surface area (TPSA) is 91.9 Å². The van der Waals surface area contributed by atoms with Crippen molar-refractivity contribution in [1.29, 1.82) is 0 Å². The van der Waals surface area contributed by atoms with E-state index in [0.717, 1.165) is 22.2 Å². The molecule has 0 fully saturated rings. The summed E-state index contributed by atoms with van der Waals surface area (Å²) in [4.78, 5) is 2.95. The van der Waals surface area contributed by atoms with Gasteiger partial charge in [-0.15, -0.1) is 5.10 Å². The van der Waals surface area contributed by atoms with Crippen molar-refractivity contribution in [2.24, 2.45) is 16.7 Å². The Labute approximate surface area is 253 Å². The molecule has 45 heavy (non-hydrogen) atoms. The Balaban J connectivity index is 2.20. The maximum Gasteiger partial charge on any atom is 0.416 e. The van der Waals surface area contributed by atoms with E-state index in [4.69, 9.17) is 11.6 Å². The number of aromatic nitrogens is 2. The van der Waals surface area contributed by atoms with Gasteiger partial charge in [0.2, 0.25) is 5.96 Å². The molecule has 0 bridgehead atoms. The van der Waals surface area contributed by atoms with Crippen molar-refractivity contribution in [3.05, 3.63) is 76.0 Å². The molecule has 248 valence electrons. The van der Waals surface area contributed by atoms with Crippen LogP contribution in [0.2, 0.25) is 0 Å². The van der Waals surface area contributed by atoms with Crippen molar-refractivity contribution in [2.45, 2.75) is 51.5 Å². The number of alkyl halides is 9. The van der Waals surface area contributed by atoms with Crippen LogP contribution >= 0.6 is 0 Å². The van der Waals surface area contributed by atoms with E-state index in [2.05, 4.69) is 10.2 Å². The predicted molar refractivity (Wildman–Crippen MR) is 150 cm³/mol. The SMILES string of the molecule is CCc1cn(CCN(C)C)nc1-c1ccc(C(F)(F)F)cc1CN(Cc1cc(C(F)(F)F)cc(C(F)(F)F)c1)/C(N)=N/N(C)N. The Morgan fingerprint density at radius 3 is 1.89 bits per heavy atom. The summed E-state index contributed by atoms with van der Waals surface area (Å²) in [6, 6.07) is 3.93. The van der Waals surface area contributed by atoms with Crippen LogP contribution in [0, 0.1) is 0 Å². The molecular formula is C28H33F9N8. The van der Waals surface area contributed by atoms with E-state index in [-0.39, 0.29) is 17.2 Å². The van der Waals surface area contributed by atoms with Gasteiger partial charge in [0.05, 0.1) is 28.9 Å². The lowest BCUT2D eigenvalue weighted by Gasteiger charge is -2.27. The van der Waals surface area contributed by atoms with Gasteiger partial charge in [-0.3, -0.25) is 4.68 Å². The number of likely N-dealkylation sites (N-methyl/N-ethyl adjacent to an activating group) is 1. The zero-order valence-corrected chi connectivity index (χ0v) is 24.8. The highest BCUT2D eigenvalue weighted by molar-refractivity contribution is 5.78. The van der Waals surface area contributed by atoms with Crippen LogP contribution in [0.4, 0.5) is 39.5 Å². The molecule has 0 spiro atoms. The third-order valence-electron chi connectivity index (χ3n) is 6.65. The van der Waals surface area contributed by atoms with Crippen LogP contribution in [0.3, 0.4) is 0 Å². The van der Waals surface area contributed by atoms with Gasteiger partial charge in [0, 0.05) is 38.4 Å². The molecule has 0 aliphatic rings. The molecule has 0 aliphatic carbocycles. The quantitative estimate of drug-likeness (QED) is 0.0951. The first-order valence-corrected chi connectivity index (χ1v) is 13.5.